The average Bonchev–Trinajstić information content (AvgIpc) is 2.40. The summed E-state index contributed by atoms with van der Waals surface area (Å²) in [5.74, 6) is -2.64. The standard InChI is InChI=1S/C14H10F2N2O3/c15-8-2-1-3-10(6-8)17-14(21)18-12-5-4-9(16)7-11(12)13(19)20/h1-7H,(H,19,20)(H2,17,18,21). The molecular formula is C14H10F2N2O3. The van der Waals surface area contributed by atoms with Crippen molar-refractivity contribution in [1.82, 2.24) is 0 Å². The number of urea groups is 1. The third-order valence-electron chi connectivity index (χ3n) is 2.54. The van der Waals surface area contributed by atoms with Crippen molar-refractivity contribution in [3.8, 4) is 0 Å². The van der Waals surface area contributed by atoms with E-state index >= 15 is 0 Å². The third-order valence-corrected chi connectivity index (χ3v) is 2.54. The van der Waals surface area contributed by atoms with Crippen LogP contribution in [0.3, 0.4) is 0 Å². The lowest BCUT2D eigenvalue weighted by Crippen LogP contribution is -2.21. The molecule has 0 aliphatic rings. The highest BCUT2D eigenvalue weighted by Crippen LogP contribution is 2.18. The number of anilines is 2. The van der Waals surface area contributed by atoms with E-state index in [0.29, 0.717) is 0 Å². The Morgan fingerprint density at radius 2 is 1.67 bits per heavy atom. The van der Waals surface area contributed by atoms with E-state index in [4.69, 9.17) is 5.11 Å². The monoisotopic (exact) mass is 292 g/mol. The van der Waals surface area contributed by atoms with Gasteiger partial charge in [-0.3, -0.25) is 0 Å². The van der Waals surface area contributed by atoms with Crippen LogP contribution in [0.25, 0.3) is 0 Å². The number of carboxylic acid groups (broad SMARTS) is 1. The molecule has 2 aromatic carbocycles. The van der Waals surface area contributed by atoms with Gasteiger partial charge in [-0.1, -0.05) is 6.07 Å². The maximum absolute atomic E-state index is 13.0. The first-order valence-electron chi connectivity index (χ1n) is 5.82. The summed E-state index contributed by atoms with van der Waals surface area (Å²) >= 11 is 0. The molecule has 0 aliphatic carbocycles. The Labute approximate surface area is 118 Å². The van der Waals surface area contributed by atoms with Crippen molar-refractivity contribution >= 4 is 23.4 Å². The minimum Gasteiger partial charge on any atom is -0.478 e. The van der Waals surface area contributed by atoms with Gasteiger partial charge in [-0.15, -0.1) is 0 Å². The molecule has 0 saturated heterocycles. The zero-order chi connectivity index (χ0) is 15.4. The second-order valence-electron chi connectivity index (χ2n) is 4.08. The molecule has 21 heavy (non-hydrogen) atoms. The van der Waals surface area contributed by atoms with Gasteiger partial charge >= 0.3 is 12.0 Å². The van der Waals surface area contributed by atoms with Crippen LogP contribution < -0.4 is 10.6 Å². The highest BCUT2D eigenvalue weighted by Gasteiger charge is 2.13. The Balaban J connectivity index is 2.15. The van der Waals surface area contributed by atoms with Crippen molar-refractivity contribution in [3.63, 3.8) is 0 Å². The van der Waals surface area contributed by atoms with E-state index in [1.165, 1.54) is 18.2 Å². The van der Waals surface area contributed by atoms with Gasteiger partial charge in [-0.25, -0.2) is 18.4 Å². The highest BCUT2D eigenvalue weighted by molar-refractivity contribution is 6.04. The van der Waals surface area contributed by atoms with E-state index in [0.717, 1.165) is 24.3 Å². The van der Waals surface area contributed by atoms with Crippen LogP contribution in [0.1, 0.15) is 10.4 Å². The van der Waals surface area contributed by atoms with E-state index < -0.39 is 23.6 Å². The van der Waals surface area contributed by atoms with Crippen LogP contribution in [-0.4, -0.2) is 17.1 Å². The fourth-order valence-electron chi connectivity index (χ4n) is 1.65. The van der Waals surface area contributed by atoms with E-state index in [1.54, 1.807) is 0 Å². The number of rotatable bonds is 3. The molecule has 2 aromatic rings. The molecule has 0 aromatic heterocycles. The summed E-state index contributed by atoms with van der Waals surface area (Å²) < 4.78 is 26.0. The van der Waals surface area contributed by atoms with Crippen molar-refractivity contribution < 1.29 is 23.5 Å². The number of amides is 2. The second kappa shape index (κ2) is 6.00. The van der Waals surface area contributed by atoms with E-state index in [2.05, 4.69) is 10.6 Å². The number of hydrogen-bond acceptors (Lipinski definition) is 2. The first-order chi connectivity index (χ1) is 9.95. The maximum Gasteiger partial charge on any atom is 0.337 e. The Morgan fingerprint density at radius 1 is 0.952 bits per heavy atom. The number of aromatic carboxylic acids is 1. The normalized spacial score (nSPS) is 10.0. The van der Waals surface area contributed by atoms with Gasteiger partial charge in [0.1, 0.15) is 11.6 Å². The number of benzene rings is 2. The maximum atomic E-state index is 13.0. The predicted molar refractivity (Wildman–Crippen MR) is 72.4 cm³/mol. The Bertz CT molecular complexity index is 704. The van der Waals surface area contributed by atoms with Crippen LogP contribution in [0.15, 0.2) is 42.5 Å². The summed E-state index contributed by atoms with van der Waals surface area (Å²) in [5.41, 5.74) is -0.256. The van der Waals surface area contributed by atoms with Crippen molar-refractivity contribution in [3.05, 3.63) is 59.7 Å². The molecule has 2 amide bonds. The zero-order valence-corrected chi connectivity index (χ0v) is 10.6. The average molecular weight is 292 g/mol. The molecule has 0 heterocycles. The lowest BCUT2D eigenvalue weighted by molar-refractivity contribution is 0.0697. The molecule has 108 valence electrons. The number of hydrogen-bond donors (Lipinski definition) is 3. The molecule has 0 atom stereocenters. The largest absolute Gasteiger partial charge is 0.478 e. The number of nitrogens with one attached hydrogen (secondary N) is 2. The summed E-state index contributed by atoms with van der Waals surface area (Å²) in [6, 6.07) is 7.36. The molecule has 0 aliphatic heterocycles. The lowest BCUT2D eigenvalue weighted by atomic mass is 10.1. The van der Waals surface area contributed by atoms with Crippen molar-refractivity contribution in [1.29, 1.82) is 0 Å². The molecule has 0 spiro atoms. The van der Waals surface area contributed by atoms with E-state index in [-0.39, 0.29) is 16.9 Å². The van der Waals surface area contributed by atoms with Gasteiger partial charge in [0.25, 0.3) is 0 Å². The molecule has 7 heteroatoms. The van der Waals surface area contributed by atoms with Crippen LogP contribution >= 0.6 is 0 Å². The summed E-state index contributed by atoms with van der Waals surface area (Å²) in [5, 5.41) is 13.5. The van der Waals surface area contributed by atoms with Crippen molar-refractivity contribution in [2.75, 3.05) is 10.6 Å². The molecule has 0 fully saturated rings. The topological polar surface area (TPSA) is 78.4 Å². The van der Waals surface area contributed by atoms with E-state index in [9.17, 15) is 18.4 Å². The summed E-state index contributed by atoms with van der Waals surface area (Å²) in [6.45, 7) is 0. The Morgan fingerprint density at radius 3 is 2.33 bits per heavy atom. The Hall–Kier alpha value is -2.96. The van der Waals surface area contributed by atoms with Gasteiger partial charge in [0, 0.05) is 5.69 Å². The molecule has 0 unspecified atom stereocenters. The van der Waals surface area contributed by atoms with Gasteiger partial charge < -0.3 is 15.7 Å². The minimum absolute atomic E-state index is 0.0715. The summed E-state index contributed by atoms with van der Waals surface area (Å²) in [6.07, 6.45) is 0. The summed E-state index contributed by atoms with van der Waals surface area (Å²) in [4.78, 5) is 22.7. The van der Waals surface area contributed by atoms with Gasteiger partial charge in [0.05, 0.1) is 11.3 Å². The second-order valence-corrected chi connectivity index (χ2v) is 4.08. The first kappa shape index (κ1) is 14.4. The van der Waals surface area contributed by atoms with Crippen LogP contribution in [0.5, 0.6) is 0 Å². The summed E-state index contributed by atoms with van der Waals surface area (Å²) in [7, 11) is 0. The molecular weight excluding hydrogens is 282 g/mol. The SMILES string of the molecule is O=C(Nc1cccc(F)c1)Nc1ccc(F)cc1C(=O)O. The van der Waals surface area contributed by atoms with Crippen LogP contribution in [0.4, 0.5) is 25.0 Å². The van der Waals surface area contributed by atoms with E-state index in [1.807, 2.05) is 0 Å². The number of carbonyl (C=O) groups excluding carboxylic acids is 1. The van der Waals surface area contributed by atoms with Gasteiger partial charge in [-0.05, 0) is 36.4 Å². The van der Waals surface area contributed by atoms with Crippen LogP contribution in [-0.2, 0) is 0 Å². The number of halogens is 2. The smallest absolute Gasteiger partial charge is 0.337 e. The molecule has 2 rings (SSSR count). The van der Waals surface area contributed by atoms with Crippen LogP contribution in [0, 0.1) is 11.6 Å². The fourth-order valence-corrected chi connectivity index (χ4v) is 1.65. The molecule has 0 bridgehead atoms. The number of carbonyl (C=O) groups is 2. The first-order valence-corrected chi connectivity index (χ1v) is 5.82. The third kappa shape index (κ3) is 3.75. The molecule has 0 radical (unpaired) electrons. The van der Waals surface area contributed by atoms with Gasteiger partial charge in [0.2, 0.25) is 0 Å². The van der Waals surface area contributed by atoms with Crippen LogP contribution in [0.2, 0.25) is 0 Å². The quantitative estimate of drug-likeness (QED) is 0.812. The molecule has 5 nitrogen and oxygen atoms in total. The molecule has 3 N–H and O–H groups in total. The minimum atomic E-state index is -1.38. The molecule has 0 saturated carbocycles. The number of carboxylic acids is 1. The lowest BCUT2D eigenvalue weighted by Gasteiger charge is -2.10. The fraction of sp³-hybridized carbons (Fsp3) is 0. The Kier molecular flexibility index (Phi) is 4.13. The zero-order valence-electron chi connectivity index (χ0n) is 10.6. The predicted octanol–water partition coefficient (Wildman–Crippen LogP) is 3.31. The highest BCUT2D eigenvalue weighted by atomic mass is 19.1. The van der Waals surface area contributed by atoms with Crippen molar-refractivity contribution in [2.45, 2.75) is 0 Å². The van der Waals surface area contributed by atoms with Gasteiger partial charge in [0.15, 0.2) is 0 Å². The van der Waals surface area contributed by atoms with Crippen molar-refractivity contribution in [2.24, 2.45) is 0 Å². The van der Waals surface area contributed by atoms with Gasteiger partial charge in [-0.2, -0.15) is 0 Å².